The monoisotopic (exact) mass is 340 g/mol. The SMILES string of the molecule is Cl.Cl.N#C[C@@H]1C[C@H](F)CN1C(=O)C(N)CC1CCCCN1. The number of piperidine rings is 1. The molecule has 0 aromatic carbocycles. The Bertz CT molecular complexity index is 374. The highest BCUT2D eigenvalue weighted by Gasteiger charge is 2.37. The van der Waals surface area contributed by atoms with Crippen molar-refractivity contribution < 1.29 is 9.18 Å². The first-order valence-corrected chi connectivity index (χ1v) is 6.95. The van der Waals surface area contributed by atoms with Gasteiger partial charge in [-0.3, -0.25) is 4.79 Å². The molecule has 2 unspecified atom stereocenters. The highest BCUT2D eigenvalue weighted by molar-refractivity contribution is 5.85. The fourth-order valence-corrected chi connectivity index (χ4v) is 2.90. The van der Waals surface area contributed by atoms with Gasteiger partial charge < -0.3 is 16.0 Å². The Balaban J connectivity index is 0.00000200. The Labute approximate surface area is 137 Å². The normalized spacial score (nSPS) is 29.8. The maximum Gasteiger partial charge on any atom is 0.240 e. The lowest BCUT2D eigenvalue weighted by atomic mass is 9.98. The van der Waals surface area contributed by atoms with Gasteiger partial charge in [-0.2, -0.15) is 5.26 Å². The molecule has 0 saturated carbocycles. The third-order valence-corrected chi connectivity index (χ3v) is 3.95. The quantitative estimate of drug-likeness (QED) is 0.807. The summed E-state index contributed by atoms with van der Waals surface area (Å²) < 4.78 is 13.3. The topological polar surface area (TPSA) is 82.2 Å². The second-order valence-corrected chi connectivity index (χ2v) is 5.46. The van der Waals surface area contributed by atoms with Gasteiger partial charge in [0, 0.05) is 12.5 Å². The fourth-order valence-electron chi connectivity index (χ4n) is 2.90. The van der Waals surface area contributed by atoms with Crippen LogP contribution in [0.2, 0.25) is 0 Å². The molecule has 5 nitrogen and oxygen atoms in total. The molecule has 2 fully saturated rings. The number of rotatable bonds is 3. The largest absolute Gasteiger partial charge is 0.322 e. The summed E-state index contributed by atoms with van der Waals surface area (Å²) in [5.74, 6) is -0.293. The first-order chi connectivity index (χ1) is 9.11. The number of alkyl halides is 1. The number of halogens is 3. The lowest BCUT2D eigenvalue weighted by Gasteiger charge is -2.28. The van der Waals surface area contributed by atoms with Gasteiger partial charge in [-0.05, 0) is 25.8 Å². The number of hydrogen-bond donors (Lipinski definition) is 2. The van der Waals surface area contributed by atoms with Crippen LogP contribution in [0.15, 0.2) is 0 Å². The Kier molecular flexibility index (Phi) is 9.14. The summed E-state index contributed by atoms with van der Waals surface area (Å²) in [6, 6.07) is 0.938. The average Bonchev–Trinajstić information content (AvgIpc) is 2.80. The average molecular weight is 341 g/mol. The minimum atomic E-state index is -1.10. The van der Waals surface area contributed by atoms with Crippen LogP contribution in [0.4, 0.5) is 4.39 Å². The van der Waals surface area contributed by atoms with E-state index in [4.69, 9.17) is 11.0 Å². The van der Waals surface area contributed by atoms with Crippen LogP contribution in [-0.2, 0) is 4.79 Å². The van der Waals surface area contributed by atoms with Crippen molar-refractivity contribution in [3.8, 4) is 6.07 Å². The number of nitrogens with two attached hydrogens (primary N) is 1. The second kappa shape index (κ2) is 9.42. The van der Waals surface area contributed by atoms with Crippen molar-refractivity contribution in [3.63, 3.8) is 0 Å². The first-order valence-electron chi connectivity index (χ1n) is 6.95. The summed E-state index contributed by atoms with van der Waals surface area (Å²) in [7, 11) is 0. The predicted octanol–water partition coefficient (Wildman–Crippen LogP) is 1.15. The predicted molar refractivity (Wildman–Crippen MR) is 83.4 cm³/mol. The van der Waals surface area contributed by atoms with E-state index in [1.165, 1.54) is 4.90 Å². The van der Waals surface area contributed by atoms with E-state index >= 15 is 0 Å². The number of nitrogens with one attached hydrogen (secondary N) is 1. The molecule has 1 amide bonds. The van der Waals surface area contributed by atoms with Crippen LogP contribution >= 0.6 is 24.8 Å². The van der Waals surface area contributed by atoms with E-state index in [0.29, 0.717) is 6.42 Å². The molecular weight excluding hydrogens is 318 g/mol. The van der Waals surface area contributed by atoms with Gasteiger partial charge in [0.1, 0.15) is 12.2 Å². The molecule has 2 heterocycles. The molecule has 3 N–H and O–H groups in total. The van der Waals surface area contributed by atoms with Gasteiger partial charge in [-0.25, -0.2) is 4.39 Å². The number of carbonyl (C=O) groups is 1. The van der Waals surface area contributed by atoms with Crippen LogP contribution in [0.1, 0.15) is 32.1 Å². The van der Waals surface area contributed by atoms with Crippen LogP contribution in [0, 0.1) is 11.3 Å². The lowest BCUT2D eigenvalue weighted by molar-refractivity contribution is -0.133. The van der Waals surface area contributed by atoms with Gasteiger partial charge in [-0.1, -0.05) is 6.42 Å². The van der Waals surface area contributed by atoms with Gasteiger partial charge in [0.05, 0.1) is 18.7 Å². The molecule has 21 heavy (non-hydrogen) atoms. The van der Waals surface area contributed by atoms with Gasteiger partial charge in [0.2, 0.25) is 5.91 Å². The van der Waals surface area contributed by atoms with Crippen LogP contribution in [0.3, 0.4) is 0 Å². The van der Waals surface area contributed by atoms with Crippen molar-refractivity contribution in [2.75, 3.05) is 13.1 Å². The molecule has 122 valence electrons. The van der Waals surface area contributed by atoms with E-state index in [2.05, 4.69) is 5.32 Å². The van der Waals surface area contributed by atoms with Crippen molar-refractivity contribution in [2.24, 2.45) is 5.73 Å². The molecule has 0 aromatic rings. The van der Waals surface area contributed by atoms with Crippen molar-refractivity contribution in [3.05, 3.63) is 0 Å². The molecule has 2 saturated heterocycles. The third-order valence-electron chi connectivity index (χ3n) is 3.95. The van der Waals surface area contributed by atoms with E-state index in [1.807, 2.05) is 6.07 Å². The van der Waals surface area contributed by atoms with E-state index in [9.17, 15) is 9.18 Å². The molecule has 0 bridgehead atoms. The van der Waals surface area contributed by atoms with E-state index < -0.39 is 18.3 Å². The standard InChI is InChI=1S/C13H21FN4O.2ClH/c14-9-5-11(7-15)18(8-9)13(19)12(16)6-10-3-1-2-4-17-10;;/h9-12,17H,1-6,8,16H2;2*1H/t9-,10?,11-,12?;;/m0../s1. The van der Waals surface area contributed by atoms with E-state index in [-0.39, 0.29) is 49.7 Å². The van der Waals surface area contributed by atoms with Crippen molar-refractivity contribution in [1.82, 2.24) is 10.2 Å². The third kappa shape index (κ3) is 5.26. The number of likely N-dealkylation sites (tertiary alicyclic amines) is 1. The molecule has 2 aliphatic rings. The van der Waals surface area contributed by atoms with Gasteiger partial charge in [0.25, 0.3) is 0 Å². The summed E-state index contributed by atoms with van der Waals surface area (Å²) >= 11 is 0. The van der Waals surface area contributed by atoms with Gasteiger partial charge in [0.15, 0.2) is 0 Å². The molecule has 2 aliphatic heterocycles. The Hall–Kier alpha value is -0.610. The molecule has 2 rings (SSSR count). The maximum absolute atomic E-state index is 13.3. The molecule has 8 heteroatoms. The smallest absolute Gasteiger partial charge is 0.240 e. The number of nitriles is 1. The molecule has 0 aliphatic carbocycles. The number of nitrogens with zero attached hydrogens (tertiary/aromatic N) is 2. The van der Waals surface area contributed by atoms with E-state index in [0.717, 1.165) is 25.8 Å². The highest BCUT2D eigenvalue weighted by Crippen LogP contribution is 2.21. The Morgan fingerprint density at radius 2 is 2.19 bits per heavy atom. The summed E-state index contributed by atoms with van der Waals surface area (Å²) in [6.45, 7) is 0.964. The zero-order chi connectivity index (χ0) is 13.8. The summed E-state index contributed by atoms with van der Waals surface area (Å²) in [5, 5.41) is 12.3. The van der Waals surface area contributed by atoms with E-state index in [1.54, 1.807) is 0 Å². The molecule has 4 atom stereocenters. The molecule has 0 radical (unpaired) electrons. The number of hydrogen-bond acceptors (Lipinski definition) is 4. The number of carbonyl (C=O) groups excluding carboxylic acids is 1. The summed E-state index contributed by atoms with van der Waals surface area (Å²) in [6.07, 6.45) is 2.89. The molecule has 0 aromatic heterocycles. The van der Waals surface area contributed by atoms with Crippen LogP contribution in [0.5, 0.6) is 0 Å². The Morgan fingerprint density at radius 1 is 1.48 bits per heavy atom. The van der Waals surface area contributed by atoms with Crippen LogP contribution < -0.4 is 11.1 Å². The van der Waals surface area contributed by atoms with Crippen LogP contribution in [0.25, 0.3) is 0 Å². The van der Waals surface area contributed by atoms with Crippen molar-refractivity contribution in [1.29, 1.82) is 5.26 Å². The lowest BCUT2D eigenvalue weighted by Crippen LogP contribution is -2.49. The fraction of sp³-hybridized carbons (Fsp3) is 0.846. The minimum absolute atomic E-state index is 0. The van der Waals surface area contributed by atoms with Gasteiger partial charge >= 0.3 is 0 Å². The highest BCUT2D eigenvalue weighted by atomic mass is 35.5. The minimum Gasteiger partial charge on any atom is -0.322 e. The first kappa shape index (κ1) is 20.4. The van der Waals surface area contributed by atoms with Crippen LogP contribution in [-0.4, -0.2) is 48.2 Å². The maximum atomic E-state index is 13.3. The second-order valence-electron chi connectivity index (χ2n) is 5.46. The molecule has 0 spiro atoms. The number of amides is 1. The summed E-state index contributed by atoms with van der Waals surface area (Å²) in [4.78, 5) is 13.5. The van der Waals surface area contributed by atoms with Crippen molar-refractivity contribution >= 4 is 30.7 Å². The molecular formula is C13H23Cl2FN4O. The zero-order valence-corrected chi connectivity index (χ0v) is 13.5. The van der Waals surface area contributed by atoms with Gasteiger partial charge in [-0.15, -0.1) is 24.8 Å². The van der Waals surface area contributed by atoms with Crippen molar-refractivity contribution in [2.45, 2.75) is 56.4 Å². The summed E-state index contributed by atoms with van der Waals surface area (Å²) in [5.41, 5.74) is 5.93. The zero-order valence-electron chi connectivity index (χ0n) is 11.8. The Morgan fingerprint density at radius 3 is 2.76 bits per heavy atom.